The van der Waals surface area contributed by atoms with Gasteiger partial charge in [0.15, 0.2) is 5.65 Å². The molecule has 2 aromatic carbocycles. The first-order valence-electron chi connectivity index (χ1n) is 14.8. The molecule has 0 bridgehead atoms. The van der Waals surface area contributed by atoms with E-state index in [9.17, 15) is 9.59 Å². The first-order valence-corrected chi connectivity index (χ1v) is 12.3. The van der Waals surface area contributed by atoms with E-state index in [0.717, 1.165) is 4.57 Å². The van der Waals surface area contributed by atoms with E-state index in [-0.39, 0.29) is 22.3 Å². The van der Waals surface area contributed by atoms with Crippen molar-refractivity contribution in [3.8, 4) is 17.5 Å². The van der Waals surface area contributed by atoms with Gasteiger partial charge < -0.3 is 5.32 Å². The van der Waals surface area contributed by atoms with E-state index >= 15 is 0 Å². The number of hydrogen-bond acceptors (Lipinski definition) is 5. The van der Waals surface area contributed by atoms with Gasteiger partial charge in [0.25, 0.3) is 11.5 Å². The number of carbonyl (C=O) groups is 1. The number of fused-ring (bicyclic) bond motifs is 2. The average molecular weight is 533 g/mol. The molecular formula is C31H25N7O2. The van der Waals surface area contributed by atoms with Gasteiger partial charge in [-0.3, -0.25) is 18.8 Å². The Morgan fingerprint density at radius 1 is 1.15 bits per heavy atom. The van der Waals surface area contributed by atoms with E-state index in [0.29, 0.717) is 27.9 Å². The molecule has 6 rings (SSSR count). The number of hydrogen-bond donors (Lipinski definition) is 1. The predicted octanol–water partition coefficient (Wildman–Crippen LogP) is 3.97. The van der Waals surface area contributed by atoms with Gasteiger partial charge in [0.05, 0.1) is 35.7 Å². The number of amides is 1. The summed E-state index contributed by atoms with van der Waals surface area (Å²) in [5, 5.41) is 12.0. The number of nitrogens with zero attached hydrogens (tertiary/aromatic N) is 6. The lowest BCUT2D eigenvalue weighted by Crippen LogP contribution is -2.32. The van der Waals surface area contributed by atoms with Gasteiger partial charge in [0, 0.05) is 42.6 Å². The molecule has 9 nitrogen and oxygen atoms in total. The molecule has 1 atom stereocenters. The normalized spacial score (nSPS) is 13.5. The molecular weight excluding hydrogens is 502 g/mol. The Morgan fingerprint density at radius 3 is 2.75 bits per heavy atom. The third-order valence-electron chi connectivity index (χ3n) is 6.42. The molecule has 0 aliphatic heterocycles. The molecule has 0 aliphatic carbocycles. The Kier molecular flexibility index (Phi) is 4.89. The fourth-order valence-corrected chi connectivity index (χ4v) is 4.62. The van der Waals surface area contributed by atoms with Crippen LogP contribution in [0.5, 0.6) is 0 Å². The van der Waals surface area contributed by atoms with Gasteiger partial charge in [-0.15, -0.1) is 0 Å². The highest BCUT2D eigenvalue weighted by Crippen LogP contribution is 2.24. The van der Waals surface area contributed by atoms with Crippen LogP contribution in [0.1, 0.15) is 52.7 Å². The molecule has 4 heterocycles. The maximum absolute atomic E-state index is 14.5. The van der Waals surface area contributed by atoms with E-state index in [1.807, 2.05) is 0 Å². The van der Waals surface area contributed by atoms with Gasteiger partial charge in [0.2, 0.25) is 0 Å². The number of pyridine rings is 1. The fraction of sp³-hybridized carbons (Fsp3) is 0.129. The zero-order chi connectivity index (χ0) is 32.2. The Morgan fingerprint density at radius 2 is 1.98 bits per heavy atom. The lowest BCUT2D eigenvalue weighted by Gasteiger charge is -2.21. The van der Waals surface area contributed by atoms with Crippen molar-refractivity contribution in [1.29, 1.82) is 0 Å². The maximum Gasteiger partial charge on any atom is 0.264 e. The summed E-state index contributed by atoms with van der Waals surface area (Å²) in [6.07, 6.45) is 6.54. The summed E-state index contributed by atoms with van der Waals surface area (Å²) in [7, 11) is 1.76. The first kappa shape index (κ1) is 19.6. The van der Waals surface area contributed by atoms with Gasteiger partial charge in [-0.25, -0.2) is 9.50 Å². The summed E-state index contributed by atoms with van der Waals surface area (Å²) >= 11 is 0. The van der Waals surface area contributed by atoms with Gasteiger partial charge in [-0.1, -0.05) is 42.1 Å². The number of para-hydroxylation sites is 1. The van der Waals surface area contributed by atoms with Crippen molar-refractivity contribution < 1.29 is 11.6 Å². The van der Waals surface area contributed by atoms with Crippen molar-refractivity contribution in [2.45, 2.75) is 19.9 Å². The SMILES string of the molecule is [2H]c1c([2H])c([2H])c(-n2c([C@H](C)NC(=O)c3c(C)nn4cccnc34)cc3cccc(C#Cc4cnn(C)c4)c3c2=O)c([2H])c1[2H]. The van der Waals surface area contributed by atoms with Crippen LogP contribution in [0.4, 0.5) is 0 Å². The molecule has 0 radical (unpaired) electrons. The number of aryl methyl sites for hydroxylation is 2. The third-order valence-corrected chi connectivity index (χ3v) is 6.42. The van der Waals surface area contributed by atoms with Crippen LogP contribution in [0.3, 0.4) is 0 Å². The lowest BCUT2D eigenvalue weighted by atomic mass is 10.0. The van der Waals surface area contributed by atoms with Crippen molar-refractivity contribution in [1.82, 2.24) is 34.3 Å². The summed E-state index contributed by atoms with van der Waals surface area (Å²) in [6, 6.07) is 4.67. The van der Waals surface area contributed by atoms with E-state index in [4.69, 9.17) is 6.85 Å². The fourth-order valence-electron chi connectivity index (χ4n) is 4.62. The van der Waals surface area contributed by atoms with Crippen LogP contribution in [0.2, 0.25) is 0 Å². The van der Waals surface area contributed by atoms with E-state index in [2.05, 4.69) is 32.3 Å². The summed E-state index contributed by atoms with van der Waals surface area (Å²) in [6.45, 7) is 3.33. The summed E-state index contributed by atoms with van der Waals surface area (Å²) in [5.74, 6) is 5.51. The van der Waals surface area contributed by atoms with Crippen molar-refractivity contribution in [2.24, 2.45) is 7.05 Å². The molecule has 40 heavy (non-hydrogen) atoms. The Balaban J connectivity index is 1.58. The van der Waals surface area contributed by atoms with E-state index in [1.54, 1.807) is 80.7 Å². The molecule has 0 fully saturated rings. The van der Waals surface area contributed by atoms with Crippen LogP contribution in [-0.2, 0) is 7.05 Å². The predicted molar refractivity (Wildman–Crippen MR) is 152 cm³/mol. The third kappa shape index (κ3) is 4.41. The summed E-state index contributed by atoms with van der Waals surface area (Å²) in [4.78, 5) is 32.3. The van der Waals surface area contributed by atoms with Crippen LogP contribution in [0.15, 0.2) is 90.1 Å². The second kappa shape index (κ2) is 10.0. The van der Waals surface area contributed by atoms with Crippen LogP contribution in [-0.4, -0.2) is 34.9 Å². The highest BCUT2D eigenvalue weighted by molar-refractivity contribution is 6.01. The van der Waals surface area contributed by atoms with E-state index < -0.39 is 47.7 Å². The first-order chi connectivity index (χ1) is 21.5. The zero-order valence-corrected chi connectivity index (χ0v) is 21.8. The van der Waals surface area contributed by atoms with Crippen molar-refractivity contribution in [3.05, 3.63) is 124 Å². The number of rotatable bonds is 4. The number of benzene rings is 2. The minimum Gasteiger partial charge on any atom is -0.344 e. The average Bonchev–Trinajstić information content (AvgIpc) is 3.60. The number of nitrogens with one attached hydrogen (secondary N) is 1. The van der Waals surface area contributed by atoms with Crippen LogP contribution >= 0.6 is 0 Å². The quantitative estimate of drug-likeness (QED) is 0.347. The summed E-state index contributed by atoms with van der Waals surface area (Å²) < 4.78 is 46.1. The zero-order valence-electron chi connectivity index (χ0n) is 26.8. The number of carbonyl (C=O) groups excluding carboxylic acids is 1. The smallest absolute Gasteiger partial charge is 0.264 e. The number of aromatic nitrogens is 6. The molecule has 9 heteroatoms. The van der Waals surface area contributed by atoms with Crippen LogP contribution in [0.25, 0.3) is 22.1 Å². The van der Waals surface area contributed by atoms with Crippen LogP contribution < -0.4 is 10.9 Å². The van der Waals surface area contributed by atoms with Gasteiger partial charge >= 0.3 is 0 Å². The highest BCUT2D eigenvalue weighted by Gasteiger charge is 2.23. The minimum absolute atomic E-state index is 0.186. The molecule has 0 unspecified atom stereocenters. The van der Waals surface area contributed by atoms with Crippen molar-refractivity contribution in [3.63, 3.8) is 0 Å². The Labute approximate surface area is 236 Å². The molecule has 0 saturated carbocycles. The molecule has 6 aromatic rings. The minimum atomic E-state index is -0.879. The van der Waals surface area contributed by atoms with E-state index in [1.165, 1.54) is 4.52 Å². The lowest BCUT2D eigenvalue weighted by molar-refractivity contribution is 0.0939. The second-order valence-corrected chi connectivity index (χ2v) is 9.15. The molecule has 1 N–H and O–H groups in total. The molecule has 0 aliphatic rings. The van der Waals surface area contributed by atoms with Gasteiger partial charge in [-0.05, 0) is 49.5 Å². The topological polar surface area (TPSA) is 99.1 Å². The van der Waals surface area contributed by atoms with Gasteiger partial charge in [0.1, 0.15) is 5.56 Å². The molecule has 196 valence electrons. The monoisotopic (exact) mass is 532 g/mol. The molecule has 0 spiro atoms. The largest absolute Gasteiger partial charge is 0.344 e. The highest BCUT2D eigenvalue weighted by atomic mass is 16.2. The molecule has 0 saturated heterocycles. The molecule has 4 aromatic heterocycles. The van der Waals surface area contributed by atoms with Crippen molar-refractivity contribution >= 4 is 22.3 Å². The van der Waals surface area contributed by atoms with Crippen molar-refractivity contribution in [2.75, 3.05) is 0 Å². The van der Waals surface area contributed by atoms with Crippen LogP contribution in [0, 0.1) is 18.8 Å². The van der Waals surface area contributed by atoms with Gasteiger partial charge in [-0.2, -0.15) is 10.2 Å². The Hall–Kier alpha value is -5.49. The molecule has 1 amide bonds. The summed E-state index contributed by atoms with van der Waals surface area (Å²) in [5.41, 5.74) is 1.23. The standard InChI is InChI=1S/C31H25N7O2/c1-20(34-30(39)27-21(2)35-37-16-8-15-32-29(27)37)26-17-24-10-7-9-23(14-13-22-18-33-36(3)19-22)28(24)31(40)38(26)25-11-5-4-6-12-25/h4-12,15-20H,1-3H3,(H,34,39)/t20-/m0/s1/i4D,5D,6D,11D,12D. The maximum atomic E-state index is 14.5. The Bertz CT molecular complexity index is 2280. The second-order valence-electron chi connectivity index (χ2n) is 9.15.